The van der Waals surface area contributed by atoms with E-state index in [0.29, 0.717) is 30.2 Å². The van der Waals surface area contributed by atoms with Gasteiger partial charge in [-0.2, -0.15) is 0 Å². The topological polar surface area (TPSA) is 96.9 Å². The van der Waals surface area contributed by atoms with Crippen LogP contribution in [0.5, 0.6) is 0 Å². The number of imide groups is 1. The summed E-state index contributed by atoms with van der Waals surface area (Å²) in [6.07, 6.45) is 4.86. The van der Waals surface area contributed by atoms with Gasteiger partial charge in [-0.1, -0.05) is 12.2 Å². The third kappa shape index (κ3) is 3.92. The fourth-order valence-corrected chi connectivity index (χ4v) is 4.25. The monoisotopic (exact) mass is 391 g/mol. The molecule has 0 bridgehead atoms. The van der Waals surface area contributed by atoms with Gasteiger partial charge in [0.1, 0.15) is 13.2 Å². The lowest BCUT2D eigenvalue weighted by atomic mass is 9.85. The lowest BCUT2D eigenvalue weighted by Gasteiger charge is -2.14. The third-order valence-electron chi connectivity index (χ3n) is 4.73. The molecule has 2 atom stereocenters. The molecule has 1 aromatic heterocycles. The zero-order valence-electron chi connectivity index (χ0n) is 15.2. The van der Waals surface area contributed by atoms with Gasteiger partial charge in [-0.3, -0.25) is 29.0 Å². The number of thiazole rings is 1. The standard InChI is InChI=1S/C18H21N3O5S/c1-3-20(11(2)22)18-19-12(10-27-18)9-26-15(23)8-21-16(24)13-6-4-5-7-14(13)17(21)25/h4-5,10,13-14H,3,6-9H2,1-2H3/t13-,14-/m0/s1. The first-order valence-corrected chi connectivity index (χ1v) is 9.68. The normalized spacial score (nSPS) is 21.3. The van der Waals surface area contributed by atoms with Gasteiger partial charge in [0.25, 0.3) is 0 Å². The molecule has 2 aliphatic rings. The highest BCUT2D eigenvalue weighted by Crippen LogP contribution is 2.34. The molecule has 3 amide bonds. The summed E-state index contributed by atoms with van der Waals surface area (Å²) in [6.45, 7) is 3.35. The van der Waals surface area contributed by atoms with E-state index in [0.717, 1.165) is 4.90 Å². The van der Waals surface area contributed by atoms with Gasteiger partial charge < -0.3 is 4.74 Å². The minimum atomic E-state index is -0.656. The zero-order chi connectivity index (χ0) is 19.6. The number of anilines is 1. The highest BCUT2D eigenvalue weighted by Gasteiger charge is 2.47. The van der Waals surface area contributed by atoms with Gasteiger partial charge in [-0.05, 0) is 19.8 Å². The first-order valence-electron chi connectivity index (χ1n) is 8.80. The maximum Gasteiger partial charge on any atom is 0.326 e. The van der Waals surface area contributed by atoms with Crippen LogP contribution < -0.4 is 4.90 Å². The van der Waals surface area contributed by atoms with Gasteiger partial charge in [0.15, 0.2) is 5.13 Å². The minimum absolute atomic E-state index is 0.0740. The lowest BCUT2D eigenvalue weighted by Crippen LogP contribution is -2.36. The SMILES string of the molecule is CCN(C(C)=O)c1nc(COC(=O)CN2C(=O)[C@H]3CC=CC[C@@H]3C2=O)cs1. The number of fused-ring (bicyclic) bond motifs is 1. The number of aromatic nitrogens is 1. The summed E-state index contributed by atoms with van der Waals surface area (Å²) >= 11 is 1.29. The van der Waals surface area contributed by atoms with E-state index >= 15 is 0 Å². The summed E-state index contributed by atoms with van der Waals surface area (Å²) in [5.41, 5.74) is 0.514. The largest absolute Gasteiger partial charge is 0.458 e. The van der Waals surface area contributed by atoms with Crippen molar-refractivity contribution >= 4 is 40.2 Å². The van der Waals surface area contributed by atoms with Gasteiger partial charge >= 0.3 is 5.97 Å². The molecular formula is C18H21N3O5S. The van der Waals surface area contributed by atoms with Gasteiger partial charge in [0.2, 0.25) is 17.7 Å². The summed E-state index contributed by atoms with van der Waals surface area (Å²) in [6, 6.07) is 0. The highest BCUT2D eigenvalue weighted by molar-refractivity contribution is 7.14. The molecule has 0 aromatic carbocycles. The number of amides is 3. The summed E-state index contributed by atoms with van der Waals surface area (Å²) in [5, 5.41) is 2.25. The molecule has 8 nitrogen and oxygen atoms in total. The van der Waals surface area contributed by atoms with Crippen molar-refractivity contribution < 1.29 is 23.9 Å². The fraction of sp³-hybridized carbons (Fsp3) is 0.500. The van der Waals surface area contributed by atoms with Crippen molar-refractivity contribution in [2.24, 2.45) is 11.8 Å². The number of likely N-dealkylation sites (tertiary alicyclic amines) is 1. The number of hydrogen-bond donors (Lipinski definition) is 0. The van der Waals surface area contributed by atoms with Crippen molar-refractivity contribution in [1.29, 1.82) is 0 Å². The molecule has 0 saturated carbocycles. The highest BCUT2D eigenvalue weighted by atomic mass is 32.1. The van der Waals surface area contributed by atoms with E-state index in [2.05, 4.69) is 4.98 Å². The minimum Gasteiger partial charge on any atom is -0.458 e. The van der Waals surface area contributed by atoms with Crippen molar-refractivity contribution in [3.8, 4) is 0 Å². The first-order chi connectivity index (χ1) is 12.9. The van der Waals surface area contributed by atoms with E-state index in [4.69, 9.17) is 4.74 Å². The molecule has 3 rings (SSSR count). The van der Waals surface area contributed by atoms with Gasteiger partial charge in [-0.15, -0.1) is 11.3 Å². The van der Waals surface area contributed by atoms with Crippen LogP contribution >= 0.6 is 11.3 Å². The average Bonchev–Trinajstić information content (AvgIpc) is 3.20. The van der Waals surface area contributed by atoms with Crippen molar-refractivity contribution in [2.45, 2.75) is 33.3 Å². The molecular weight excluding hydrogens is 370 g/mol. The molecule has 0 spiro atoms. The fourth-order valence-electron chi connectivity index (χ4n) is 3.33. The average molecular weight is 391 g/mol. The van der Waals surface area contributed by atoms with Gasteiger partial charge in [0, 0.05) is 18.8 Å². The zero-order valence-corrected chi connectivity index (χ0v) is 16.0. The molecule has 1 fully saturated rings. The molecule has 1 saturated heterocycles. The molecule has 1 aliphatic carbocycles. The third-order valence-corrected chi connectivity index (χ3v) is 5.65. The van der Waals surface area contributed by atoms with E-state index in [9.17, 15) is 19.2 Å². The van der Waals surface area contributed by atoms with Crippen LogP contribution in [0.3, 0.4) is 0 Å². The summed E-state index contributed by atoms with van der Waals surface area (Å²) in [7, 11) is 0. The second-order valence-electron chi connectivity index (χ2n) is 6.46. The molecule has 1 aromatic rings. The Morgan fingerprint density at radius 1 is 1.26 bits per heavy atom. The maximum absolute atomic E-state index is 12.4. The second kappa shape index (κ2) is 7.99. The van der Waals surface area contributed by atoms with Crippen molar-refractivity contribution in [2.75, 3.05) is 18.0 Å². The van der Waals surface area contributed by atoms with E-state index in [1.54, 1.807) is 5.38 Å². The Morgan fingerprint density at radius 3 is 2.44 bits per heavy atom. The Bertz CT molecular complexity index is 777. The molecule has 144 valence electrons. The Kier molecular flexibility index (Phi) is 5.69. The Balaban J connectivity index is 1.55. The predicted molar refractivity (Wildman–Crippen MR) is 97.7 cm³/mol. The van der Waals surface area contributed by atoms with Crippen LogP contribution in [0.2, 0.25) is 0 Å². The predicted octanol–water partition coefficient (Wildman–Crippen LogP) is 1.51. The molecule has 0 radical (unpaired) electrons. The first kappa shape index (κ1) is 19.2. The number of ether oxygens (including phenoxy) is 1. The van der Waals surface area contributed by atoms with Gasteiger partial charge in [-0.25, -0.2) is 4.98 Å². The van der Waals surface area contributed by atoms with E-state index < -0.39 is 5.97 Å². The van der Waals surface area contributed by atoms with Crippen LogP contribution in [-0.4, -0.2) is 46.7 Å². The summed E-state index contributed by atoms with van der Waals surface area (Å²) < 4.78 is 5.17. The molecule has 9 heteroatoms. The molecule has 27 heavy (non-hydrogen) atoms. The number of nitrogens with zero attached hydrogens (tertiary/aromatic N) is 3. The van der Waals surface area contributed by atoms with Crippen molar-refractivity contribution in [3.63, 3.8) is 0 Å². The number of carbonyl (C=O) groups excluding carboxylic acids is 4. The van der Waals surface area contributed by atoms with Crippen LogP contribution in [0.25, 0.3) is 0 Å². The quantitative estimate of drug-likeness (QED) is 0.414. The van der Waals surface area contributed by atoms with Crippen LogP contribution in [0.15, 0.2) is 17.5 Å². The van der Waals surface area contributed by atoms with E-state index in [-0.39, 0.29) is 42.7 Å². The number of carbonyl (C=O) groups is 4. The van der Waals surface area contributed by atoms with E-state index in [1.165, 1.54) is 23.2 Å². The van der Waals surface area contributed by atoms with Crippen LogP contribution in [0, 0.1) is 11.8 Å². The Labute approximate surface area is 160 Å². The molecule has 0 N–H and O–H groups in total. The molecule has 2 heterocycles. The molecule has 0 unspecified atom stereocenters. The van der Waals surface area contributed by atoms with Crippen LogP contribution in [-0.2, 0) is 30.5 Å². The lowest BCUT2D eigenvalue weighted by molar-refractivity contribution is -0.153. The maximum atomic E-state index is 12.4. The number of hydrogen-bond acceptors (Lipinski definition) is 7. The van der Waals surface area contributed by atoms with E-state index in [1.807, 2.05) is 19.1 Å². The van der Waals surface area contributed by atoms with Crippen LogP contribution in [0.1, 0.15) is 32.4 Å². The Hall–Kier alpha value is -2.55. The smallest absolute Gasteiger partial charge is 0.326 e. The number of allylic oxidation sites excluding steroid dienone is 2. The number of rotatable bonds is 6. The molecule has 1 aliphatic heterocycles. The second-order valence-corrected chi connectivity index (χ2v) is 7.30. The Morgan fingerprint density at radius 2 is 1.89 bits per heavy atom. The summed E-state index contributed by atoms with van der Waals surface area (Å²) in [5.74, 6) is -2.09. The van der Waals surface area contributed by atoms with Crippen molar-refractivity contribution in [1.82, 2.24) is 9.88 Å². The summed E-state index contributed by atoms with van der Waals surface area (Å²) in [4.78, 5) is 55.2. The number of esters is 1. The van der Waals surface area contributed by atoms with Crippen LogP contribution in [0.4, 0.5) is 5.13 Å². The van der Waals surface area contributed by atoms with Gasteiger partial charge in [0.05, 0.1) is 17.5 Å². The van der Waals surface area contributed by atoms with Crippen molar-refractivity contribution in [3.05, 3.63) is 23.2 Å².